The number of hydrogen-bond acceptors (Lipinski definition) is 3. The molecular formula is C15H15BrIN3O. The molecule has 0 amide bonds. The lowest BCUT2D eigenvalue weighted by Crippen LogP contribution is -2.31. The molecule has 0 bridgehead atoms. The minimum atomic E-state index is 0.0315. The molecule has 1 aromatic carbocycles. The van der Waals surface area contributed by atoms with Gasteiger partial charge in [0.1, 0.15) is 0 Å². The Balaban J connectivity index is 1.98. The van der Waals surface area contributed by atoms with Crippen molar-refractivity contribution in [3.05, 3.63) is 30.0 Å². The summed E-state index contributed by atoms with van der Waals surface area (Å²) in [7, 11) is 1.83. The number of nitrogens with zero attached hydrogens (tertiary/aromatic N) is 3. The Kier molecular flexibility index (Phi) is 3.12. The molecule has 2 fully saturated rings. The van der Waals surface area contributed by atoms with Crippen molar-refractivity contribution in [1.82, 2.24) is 9.55 Å². The minimum Gasteiger partial charge on any atom is -0.342 e. The number of piperidine rings is 1. The van der Waals surface area contributed by atoms with Crippen LogP contribution in [0.5, 0.6) is 0 Å². The molecule has 1 saturated heterocycles. The molecule has 2 aliphatic rings. The van der Waals surface area contributed by atoms with Crippen LogP contribution >= 0.6 is 38.5 Å². The monoisotopic (exact) mass is 459 g/mol. The average Bonchev–Trinajstić information content (AvgIpc) is 3.05. The van der Waals surface area contributed by atoms with Gasteiger partial charge in [0, 0.05) is 28.2 Å². The van der Waals surface area contributed by atoms with E-state index in [1.54, 1.807) is 4.57 Å². The number of anilines is 1. The van der Waals surface area contributed by atoms with Crippen molar-refractivity contribution in [2.45, 2.75) is 13.3 Å². The number of aromatic nitrogens is 2. The molecule has 0 radical (unpaired) electrons. The van der Waals surface area contributed by atoms with Crippen molar-refractivity contribution in [1.29, 1.82) is 0 Å². The largest absolute Gasteiger partial charge is 0.342 e. The second kappa shape index (κ2) is 4.68. The summed E-state index contributed by atoms with van der Waals surface area (Å²) in [5.41, 5.74) is 1.91. The lowest BCUT2D eigenvalue weighted by atomic mass is 10.1. The van der Waals surface area contributed by atoms with Gasteiger partial charge in [-0.25, -0.2) is 4.98 Å². The van der Waals surface area contributed by atoms with Gasteiger partial charge in [-0.3, -0.25) is 9.36 Å². The highest BCUT2D eigenvalue weighted by molar-refractivity contribution is 14.1. The van der Waals surface area contributed by atoms with Gasteiger partial charge in [0.2, 0.25) is 5.95 Å². The van der Waals surface area contributed by atoms with Crippen molar-refractivity contribution in [2.24, 2.45) is 18.9 Å². The zero-order chi connectivity index (χ0) is 14.9. The standard InChI is InChI=1S/C15H15BrIN3O/c1-7-3-10(17)13-11(12(7)16)14(21)19(2)15(18-13)20-5-8-4-9(8)6-20/h3,8-9H,4-6H2,1-2H3. The molecule has 21 heavy (non-hydrogen) atoms. The maximum atomic E-state index is 12.8. The summed E-state index contributed by atoms with van der Waals surface area (Å²) in [4.78, 5) is 19.9. The first-order chi connectivity index (χ1) is 9.97. The summed E-state index contributed by atoms with van der Waals surface area (Å²) in [6.45, 7) is 4.09. The molecule has 6 heteroatoms. The van der Waals surface area contributed by atoms with E-state index in [0.29, 0.717) is 5.39 Å². The Morgan fingerprint density at radius 2 is 2.05 bits per heavy atom. The van der Waals surface area contributed by atoms with E-state index in [0.717, 1.165) is 50.0 Å². The van der Waals surface area contributed by atoms with Gasteiger partial charge in [0.25, 0.3) is 5.56 Å². The van der Waals surface area contributed by atoms with Gasteiger partial charge >= 0.3 is 0 Å². The van der Waals surface area contributed by atoms with Gasteiger partial charge in [0.15, 0.2) is 0 Å². The van der Waals surface area contributed by atoms with Crippen LogP contribution < -0.4 is 10.5 Å². The zero-order valence-electron chi connectivity index (χ0n) is 11.9. The number of hydrogen-bond donors (Lipinski definition) is 0. The topological polar surface area (TPSA) is 38.1 Å². The highest BCUT2D eigenvalue weighted by Gasteiger charge is 2.46. The molecule has 1 aliphatic carbocycles. The van der Waals surface area contributed by atoms with E-state index in [1.165, 1.54) is 6.42 Å². The summed E-state index contributed by atoms with van der Waals surface area (Å²) < 4.78 is 3.60. The Labute approximate surface area is 144 Å². The van der Waals surface area contributed by atoms with Crippen LogP contribution in [0.25, 0.3) is 10.9 Å². The molecule has 1 saturated carbocycles. The first-order valence-electron chi connectivity index (χ1n) is 7.07. The quantitative estimate of drug-likeness (QED) is 0.615. The number of halogens is 2. The highest BCUT2D eigenvalue weighted by Crippen LogP contribution is 2.46. The molecule has 2 aromatic rings. The van der Waals surface area contributed by atoms with Crippen LogP contribution in [0.15, 0.2) is 15.3 Å². The Hall–Kier alpha value is -0.630. The Bertz CT molecular complexity index is 822. The lowest BCUT2D eigenvalue weighted by Gasteiger charge is -2.22. The van der Waals surface area contributed by atoms with Gasteiger partial charge in [-0.15, -0.1) is 0 Å². The van der Waals surface area contributed by atoms with Crippen LogP contribution in [0, 0.1) is 22.3 Å². The van der Waals surface area contributed by atoms with E-state index in [-0.39, 0.29) is 5.56 Å². The van der Waals surface area contributed by atoms with Gasteiger partial charge in [-0.1, -0.05) is 0 Å². The fourth-order valence-corrected chi connectivity index (χ4v) is 4.65. The van der Waals surface area contributed by atoms with Crippen LogP contribution in [-0.4, -0.2) is 22.6 Å². The minimum absolute atomic E-state index is 0.0315. The predicted octanol–water partition coefficient (Wildman–Crippen LogP) is 3.07. The average molecular weight is 460 g/mol. The zero-order valence-corrected chi connectivity index (χ0v) is 15.6. The van der Waals surface area contributed by atoms with Crippen LogP contribution in [0.3, 0.4) is 0 Å². The van der Waals surface area contributed by atoms with Crippen molar-refractivity contribution in [3.8, 4) is 0 Å². The molecular weight excluding hydrogens is 445 g/mol. The highest BCUT2D eigenvalue weighted by atomic mass is 127. The second-order valence-corrected chi connectivity index (χ2v) is 8.10. The van der Waals surface area contributed by atoms with E-state index in [4.69, 9.17) is 4.98 Å². The van der Waals surface area contributed by atoms with Gasteiger partial charge in [0.05, 0.1) is 10.9 Å². The van der Waals surface area contributed by atoms with Crippen LogP contribution in [0.2, 0.25) is 0 Å². The summed E-state index contributed by atoms with van der Waals surface area (Å²) in [5.74, 6) is 2.45. The fraction of sp³-hybridized carbons (Fsp3) is 0.467. The summed E-state index contributed by atoms with van der Waals surface area (Å²) >= 11 is 5.83. The number of benzene rings is 1. The van der Waals surface area contributed by atoms with E-state index >= 15 is 0 Å². The molecule has 2 atom stereocenters. The molecule has 1 aromatic heterocycles. The smallest absolute Gasteiger partial charge is 0.263 e. The molecule has 0 N–H and O–H groups in total. The third-order valence-corrected chi connectivity index (χ3v) is 6.51. The number of fused-ring (bicyclic) bond motifs is 2. The Morgan fingerprint density at radius 1 is 1.38 bits per heavy atom. The van der Waals surface area contributed by atoms with E-state index in [1.807, 2.05) is 14.0 Å². The number of rotatable bonds is 1. The fourth-order valence-electron chi connectivity index (χ4n) is 3.32. The first kappa shape index (κ1) is 14.0. The van der Waals surface area contributed by atoms with Gasteiger partial charge in [-0.2, -0.15) is 0 Å². The normalized spacial score (nSPS) is 23.7. The molecule has 2 heterocycles. The Morgan fingerprint density at radius 3 is 2.71 bits per heavy atom. The first-order valence-corrected chi connectivity index (χ1v) is 8.95. The van der Waals surface area contributed by atoms with Crippen LogP contribution in [0.1, 0.15) is 12.0 Å². The molecule has 4 nitrogen and oxygen atoms in total. The molecule has 0 spiro atoms. The number of aryl methyl sites for hydroxylation is 1. The molecule has 4 rings (SSSR count). The summed E-state index contributed by atoms with van der Waals surface area (Å²) in [5, 5.41) is 0.690. The maximum absolute atomic E-state index is 12.8. The van der Waals surface area contributed by atoms with Crippen molar-refractivity contribution < 1.29 is 0 Å². The van der Waals surface area contributed by atoms with Crippen LogP contribution in [-0.2, 0) is 7.05 Å². The van der Waals surface area contributed by atoms with Crippen LogP contribution in [0.4, 0.5) is 5.95 Å². The maximum Gasteiger partial charge on any atom is 0.263 e. The van der Waals surface area contributed by atoms with Crippen molar-refractivity contribution in [3.63, 3.8) is 0 Å². The third kappa shape index (κ3) is 2.05. The summed E-state index contributed by atoms with van der Waals surface area (Å²) in [6, 6.07) is 2.07. The SMILES string of the molecule is Cc1cc(I)c2nc(N3CC4CC4C3)n(C)c(=O)c2c1Br. The predicted molar refractivity (Wildman–Crippen MR) is 95.9 cm³/mol. The van der Waals surface area contributed by atoms with Gasteiger partial charge < -0.3 is 4.90 Å². The molecule has 110 valence electrons. The van der Waals surface area contributed by atoms with E-state index in [2.05, 4.69) is 49.5 Å². The lowest BCUT2D eigenvalue weighted by molar-refractivity contribution is 0.730. The second-order valence-electron chi connectivity index (χ2n) is 6.15. The van der Waals surface area contributed by atoms with Crippen molar-refractivity contribution >= 4 is 55.4 Å². The van der Waals surface area contributed by atoms with E-state index < -0.39 is 0 Å². The van der Waals surface area contributed by atoms with E-state index in [9.17, 15) is 4.79 Å². The molecule has 1 aliphatic heterocycles. The third-order valence-electron chi connectivity index (χ3n) is 4.66. The molecule has 2 unspecified atom stereocenters. The van der Waals surface area contributed by atoms with Gasteiger partial charge in [-0.05, 0) is 75.3 Å². The van der Waals surface area contributed by atoms with Crippen molar-refractivity contribution in [2.75, 3.05) is 18.0 Å². The summed E-state index contributed by atoms with van der Waals surface area (Å²) in [6.07, 6.45) is 1.35.